The van der Waals surface area contributed by atoms with Gasteiger partial charge in [-0.05, 0) is 22.6 Å². The molecule has 0 radical (unpaired) electrons. The van der Waals surface area contributed by atoms with Crippen LogP contribution in [0.4, 0.5) is 0 Å². The molecule has 0 bridgehead atoms. The summed E-state index contributed by atoms with van der Waals surface area (Å²) in [6.45, 7) is 6.64. The van der Waals surface area contributed by atoms with Crippen LogP contribution in [0.5, 0.6) is 0 Å². The van der Waals surface area contributed by atoms with Gasteiger partial charge in [-0.15, -0.1) is 0 Å². The van der Waals surface area contributed by atoms with Crippen molar-refractivity contribution in [3.63, 3.8) is 0 Å². The molecule has 0 saturated carbocycles. The van der Waals surface area contributed by atoms with E-state index in [1.165, 1.54) is 5.56 Å². The lowest BCUT2D eigenvalue weighted by molar-refractivity contribution is 0.589. The Morgan fingerprint density at radius 1 is 0.952 bits per heavy atom. The van der Waals surface area contributed by atoms with Crippen molar-refractivity contribution < 1.29 is 4.42 Å². The number of hydrogen-bond acceptors (Lipinski definition) is 2. The van der Waals surface area contributed by atoms with Crippen molar-refractivity contribution in [2.45, 2.75) is 32.2 Å². The summed E-state index contributed by atoms with van der Waals surface area (Å²) in [7, 11) is 0. The molecular weight excluding hydrogens is 258 g/mol. The van der Waals surface area contributed by atoms with Crippen LogP contribution in [-0.4, -0.2) is 0 Å². The van der Waals surface area contributed by atoms with Gasteiger partial charge in [0, 0.05) is 10.9 Å². The first-order chi connectivity index (χ1) is 9.97. The van der Waals surface area contributed by atoms with Crippen LogP contribution in [-0.2, 0) is 5.41 Å². The molecular formula is C19H21NO. The highest BCUT2D eigenvalue weighted by Gasteiger charge is 2.17. The van der Waals surface area contributed by atoms with Crippen LogP contribution in [0.2, 0.25) is 0 Å². The third-order valence-corrected chi connectivity index (χ3v) is 3.98. The van der Waals surface area contributed by atoms with Gasteiger partial charge in [0.15, 0.2) is 0 Å². The van der Waals surface area contributed by atoms with Crippen molar-refractivity contribution in [1.29, 1.82) is 0 Å². The Labute approximate surface area is 125 Å². The minimum absolute atomic E-state index is 0.158. The second-order valence-corrected chi connectivity index (χ2v) is 6.54. The number of fused-ring (bicyclic) bond motifs is 1. The molecule has 2 N–H and O–H groups in total. The molecule has 1 heterocycles. The maximum absolute atomic E-state index is 6.43. The van der Waals surface area contributed by atoms with Crippen molar-refractivity contribution in [2.24, 2.45) is 5.73 Å². The number of nitrogens with two attached hydrogens (primary N) is 1. The Morgan fingerprint density at radius 3 is 2.29 bits per heavy atom. The van der Waals surface area contributed by atoms with Gasteiger partial charge in [-0.2, -0.15) is 0 Å². The van der Waals surface area contributed by atoms with Crippen LogP contribution in [0.15, 0.2) is 59.2 Å². The van der Waals surface area contributed by atoms with Gasteiger partial charge in [0.25, 0.3) is 0 Å². The van der Waals surface area contributed by atoms with Crippen molar-refractivity contribution in [3.05, 3.63) is 71.5 Å². The molecule has 2 heteroatoms. The van der Waals surface area contributed by atoms with Crippen LogP contribution in [0, 0.1) is 0 Å². The van der Waals surface area contributed by atoms with Crippen LogP contribution >= 0.6 is 0 Å². The fourth-order valence-corrected chi connectivity index (χ4v) is 2.61. The van der Waals surface area contributed by atoms with E-state index in [0.29, 0.717) is 0 Å². The van der Waals surface area contributed by atoms with Gasteiger partial charge in [-0.3, -0.25) is 0 Å². The lowest BCUT2D eigenvalue weighted by Gasteiger charge is -2.20. The first kappa shape index (κ1) is 13.9. The van der Waals surface area contributed by atoms with E-state index in [2.05, 4.69) is 51.1 Å². The van der Waals surface area contributed by atoms with Gasteiger partial charge in [0.2, 0.25) is 0 Å². The van der Waals surface area contributed by atoms with E-state index in [4.69, 9.17) is 10.2 Å². The topological polar surface area (TPSA) is 39.2 Å². The first-order valence-electron chi connectivity index (χ1n) is 7.29. The molecule has 3 rings (SSSR count). The van der Waals surface area contributed by atoms with Gasteiger partial charge in [0.1, 0.15) is 5.58 Å². The molecule has 0 fully saturated rings. The normalized spacial score (nSPS) is 13.5. The Hall–Kier alpha value is -2.06. The van der Waals surface area contributed by atoms with Crippen LogP contribution < -0.4 is 5.73 Å². The number of rotatable bonds is 2. The molecule has 108 valence electrons. The summed E-state index contributed by atoms with van der Waals surface area (Å²) in [5, 5.41) is 1.09. The number of furan rings is 1. The number of para-hydroxylation sites is 1. The Morgan fingerprint density at radius 2 is 1.62 bits per heavy atom. The molecule has 2 nitrogen and oxygen atoms in total. The second-order valence-electron chi connectivity index (χ2n) is 6.54. The van der Waals surface area contributed by atoms with Crippen molar-refractivity contribution in [1.82, 2.24) is 0 Å². The SMILES string of the molecule is CC(C)(C)c1ccc(C(N)c2coc3ccccc23)cc1. The largest absolute Gasteiger partial charge is 0.464 e. The third kappa shape index (κ3) is 2.59. The minimum atomic E-state index is -0.164. The minimum Gasteiger partial charge on any atom is -0.464 e. The van der Waals surface area contributed by atoms with Crippen LogP contribution in [0.1, 0.15) is 43.5 Å². The van der Waals surface area contributed by atoms with E-state index >= 15 is 0 Å². The lowest BCUT2D eigenvalue weighted by atomic mass is 9.86. The molecule has 1 atom stereocenters. The molecule has 1 aromatic heterocycles. The highest BCUT2D eigenvalue weighted by molar-refractivity contribution is 5.81. The van der Waals surface area contributed by atoms with E-state index in [1.807, 2.05) is 18.2 Å². The zero-order chi connectivity index (χ0) is 15.0. The molecule has 2 aromatic carbocycles. The van der Waals surface area contributed by atoms with Crippen LogP contribution in [0.25, 0.3) is 11.0 Å². The van der Waals surface area contributed by atoms with E-state index in [1.54, 1.807) is 6.26 Å². The van der Waals surface area contributed by atoms with Gasteiger partial charge < -0.3 is 10.2 Å². The zero-order valence-electron chi connectivity index (χ0n) is 12.8. The van der Waals surface area contributed by atoms with Gasteiger partial charge in [-0.1, -0.05) is 63.2 Å². The van der Waals surface area contributed by atoms with Crippen LogP contribution in [0.3, 0.4) is 0 Å². The van der Waals surface area contributed by atoms with Crippen molar-refractivity contribution in [3.8, 4) is 0 Å². The summed E-state index contributed by atoms with van der Waals surface area (Å²) >= 11 is 0. The molecule has 0 aliphatic heterocycles. The molecule has 0 amide bonds. The van der Waals surface area contributed by atoms with E-state index in [9.17, 15) is 0 Å². The Bertz CT molecular complexity index is 747. The molecule has 0 saturated heterocycles. The fraction of sp³-hybridized carbons (Fsp3) is 0.263. The maximum Gasteiger partial charge on any atom is 0.134 e. The molecule has 3 aromatic rings. The average Bonchev–Trinajstić information content (AvgIpc) is 2.90. The summed E-state index contributed by atoms with van der Waals surface area (Å²) in [5.74, 6) is 0. The summed E-state index contributed by atoms with van der Waals surface area (Å²) in [5.41, 5.74) is 10.9. The standard InChI is InChI=1S/C19H21NO/c1-19(2,3)14-10-8-13(9-11-14)18(20)16-12-21-17-7-5-4-6-15(16)17/h4-12,18H,20H2,1-3H3. The maximum atomic E-state index is 6.43. The zero-order valence-corrected chi connectivity index (χ0v) is 12.8. The van der Waals surface area contributed by atoms with E-state index in [0.717, 1.165) is 22.1 Å². The summed E-state index contributed by atoms with van der Waals surface area (Å²) < 4.78 is 5.59. The number of hydrogen-bond donors (Lipinski definition) is 1. The summed E-state index contributed by atoms with van der Waals surface area (Å²) in [6.07, 6.45) is 1.77. The highest BCUT2D eigenvalue weighted by Crippen LogP contribution is 2.30. The predicted octanol–water partition coefficient (Wildman–Crippen LogP) is 4.78. The third-order valence-electron chi connectivity index (χ3n) is 3.98. The highest BCUT2D eigenvalue weighted by atomic mass is 16.3. The average molecular weight is 279 g/mol. The number of benzene rings is 2. The van der Waals surface area contributed by atoms with E-state index < -0.39 is 0 Å². The summed E-state index contributed by atoms with van der Waals surface area (Å²) in [6, 6.07) is 16.4. The van der Waals surface area contributed by atoms with Gasteiger partial charge >= 0.3 is 0 Å². The van der Waals surface area contributed by atoms with E-state index in [-0.39, 0.29) is 11.5 Å². The smallest absolute Gasteiger partial charge is 0.134 e. The predicted molar refractivity (Wildman–Crippen MR) is 87.4 cm³/mol. The Balaban J connectivity index is 1.97. The Kier molecular flexibility index (Phi) is 3.34. The first-order valence-corrected chi connectivity index (χ1v) is 7.29. The fourth-order valence-electron chi connectivity index (χ4n) is 2.61. The molecule has 1 unspecified atom stereocenters. The molecule has 0 aliphatic carbocycles. The lowest BCUT2D eigenvalue weighted by Crippen LogP contribution is -2.14. The summed E-state index contributed by atoms with van der Waals surface area (Å²) in [4.78, 5) is 0. The molecule has 0 aliphatic rings. The van der Waals surface area contributed by atoms with Crippen molar-refractivity contribution >= 4 is 11.0 Å². The van der Waals surface area contributed by atoms with Gasteiger partial charge in [0.05, 0.1) is 12.3 Å². The molecule has 21 heavy (non-hydrogen) atoms. The van der Waals surface area contributed by atoms with Gasteiger partial charge in [-0.25, -0.2) is 0 Å². The second kappa shape index (κ2) is 5.05. The molecule has 0 spiro atoms. The van der Waals surface area contributed by atoms with Crippen molar-refractivity contribution in [2.75, 3.05) is 0 Å². The quantitative estimate of drug-likeness (QED) is 0.733. The monoisotopic (exact) mass is 279 g/mol.